The van der Waals surface area contributed by atoms with Gasteiger partial charge in [-0.3, -0.25) is 8.86 Å². The van der Waals surface area contributed by atoms with Crippen molar-refractivity contribution < 1.29 is 22.7 Å². The van der Waals surface area contributed by atoms with Gasteiger partial charge < -0.3 is 9.15 Å². The summed E-state index contributed by atoms with van der Waals surface area (Å²) in [4.78, 5) is 11.9. The number of aryl methyl sites for hydroxylation is 1. The van der Waals surface area contributed by atoms with Crippen LogP contribution in [0.5, 0.6) is 0 Å². The van der Waals surface area contributed by atoms with Gasteiger partial charge in [-0.15, -0.1) is 0 Å². The lowest BCUT2D eigenvalue weighted by Gasteiger charge is -2.26. The fourth-order valence-corrected chi connectivity index (χ4v) is 3.55. The van der Waals surface area contributed by atoms with Gasteiger partial charge in [0.15, 0.2) is 0 Å². The molecule has 0 spiro atoms. The molecule has 1 saturated carbocycles. The van der Waals surface area contributed by atoms with Crippen molar-refractivity contribution in [1.29, 1.82) is 0 Å². The summed E-state index contributed by atoms with van der Waals surface area (Å²) < 4.78 is 33.5. The van der Waals surface area contributed by atoms with Crippen molar-refractivity contribution in [3.63, 3.8) is 0 Å². The van der Waals surface area contributed by atoms with Crippen LogP contribution in [0, 0.1) is 6.92 Å². The predicted molar refractivity (Wildman–Crippen MR) is 87.8 cm³/mol. The minimum Gasteiger partial charge on any atom is -0.460 e. The monoisotopic (exact) mass is 337 g/mol. The summed E-state index contributed by atoms with van der Waals surface area (Å²) in [6.45, 7) is 5.74. The quantitative estimate of drug-likeness (QED) is 0.668. The van der Waals surface area contributed by atoms with Crippen LogP contribution < -0.4 is 4.31 Å². The first-order valence-electron chi connectivity index (χ1n) is 7.49. The van der Waals surface area contributed by atoms with E-state index in [0.717, 1.165) is 18.2 Å². The first kappa shape index (κ1) is 16.0. The van der Waals surface area contributed by atoms with Gasteiger partial charge in [-0.2, -0.15) is 0 Å². The van der Waals surface area contributed by atoms with Crippen LogP contribution in [0.1, 0.15) is 42.8 Å². The van der Waals surface area contributed by atoms with Crippen LogP contribution in [0.15, 0.2) is 22.6 Å². The van der Waals surface area contributed by atoms with E-state index in [1.54, 1.807) is 32.0 Å². The van der Waals surface area contributed by atoms with Crippen LogP contribution in [-0.4, -0.2) is 26.9 Å². The zero-order chi connectivity index (χ0) is 16.8. The van der Waals surface area contributed by atoms with Crippen molar-refractivity contribution in [1.82, 2.24) is 0 Å². The van der Waals surface area contributed by atoms with Crippen LogP contribution in [0.25, 0.3) is 11.0 Å². The third-order valence-electron chi connectivity index (χ3n) is 4.24. The van der Waals surface area contributed by atoms with Gasteiger partial charge >= 0.3 is 5.97 Å². The Morgan fingerprint density at radius 2 is 2.17 bits per heavy atom. The van der Waals surface area contributed by atoms with E-state index in [1.165, 1.54) is 4.31 Å². The highest BCUT2D eigenvalue weighted by molar-refractivity contribution is 7.80. The maximum atomic E-state index is 11.9. The number of fused-ring (bicyclic) bond motifs is 1. The number of furan rings is 1. The number of anilines is 1. The van der Waals surface area contributed by atoms with Crippen molar-refractivity contribution in [2.75, 3.05) is 10.9 Å². The van der Waals surface area contributed by atoms with Gasteiger partial charge in [0.25, 0.3) is 11.3 Å². The molecule has 0 saturated heterocycles. The molecule has 1 fully saturated rings. The first-order chi connectivity index (χ1) is 10.9. The minimum absolute atomic E-state index is 0.174. The van der Waals surface area contributed by atoms with E-state index < -0.39 is 17.2 Å². The fraction of sp³-hybridized carbons (Fsp3) is 0.438. The number of esters is 1. The zero-order valence-corrected chi connectivity index (χ0v) is 14.1. The largest absolute Gasteiger partial charge is 0.460 e. The van der Waals surface area contributed by atoms with Gasteiger partial charge in [0.2, 0.25) is 5.76 Å². The maximum Gasteiger partial charge on any atom is 0.374 e. The molecular weight excluding hydrogens is 318 g/mol. The second-order valence-corrected chi connectivity index (χ2v) is 6.81. The number of carbonyl (C=O) groups is 1. The lowest BCUT2D eigenvalue weighted by atomic mass is 10.1. The molecule has 1 atom stereocenters. The molecule has 1 aromatic carbocycles. The molecule has 1 aliphatic rings. The summed E-state index contributed by atoms with van der Waals surface area (Å²) >= 11 is -2.10. The molecule has 6 nitrogen and oxygen atoms in total. The van der Waals surface area contributed by atoms with Gasteiger partial charge in [0, 0.05) is 10.9 Å². The lowest BCUT2D eigenvalue weighted by Crippen LogP contribution is -2.36. The van der Waals surface area contributed by atoms with Gasteiger partial charge in [-0.05, 0) is 51.8 Å². The summed E-state index contributed by atoms with van der Waals surface area (Å²) in [6, 6.07) is 5.23. The van der Waals surface area contributed by atoms with Crippen molar-refractivity contribution in [2.45, 2.75) is 39.2 Å². The molecular formula is C16H19NO5S. The number of nitrogens with zero attached hydrogens (tertiary/aromatic N) is 1. The Bertz CT molecular complexity index is 793. The van der Waals surface area contributed by atoms with E-state index in [1.807, 2.05) is 6.92 Å². The Balaban J connectivity index is 2.06. The standard InChI is InChI=1S/C16H19NO5S/c1-4-21-15(18)14-10(2)12-9-11(5-6-13(12)22-14)17(23(19)20)16(3)7-8-16/h5-6,9H,4,7-8H2,1-3H3,(H,19,20). The summed E-state index contributed by atoms with van der Waals surface area (Å²) in [5.74, 6) is -0.326. The molecule has 1 N–H and O–H groups in total. The minimum atomic E-state index is -2.10. The van der Waals surface area contributed by atoms with E-state index >= 15 is 0 Å². The highest BCUT2D eigenvalue weighted by Gasteiger charge is 2.46. The van der Waals surface area contributed by atoms with Crippen LogP contribution in [0.4, 0.5) is 5.69 Å². The smallest absolute Gasteiger partial charge is 0.374 e. The van der Waals surface area contributed by atoms with Crippen molar-refractivity contribution in [3.8, 4) is 0 Å². The van der Waals surface area contributed by atoms with E-state index in [-0.39, 0.29) is 17.9 Å². The second kappa shape index (κ2) is 5.65. The highest BCUT2D eigenvalue weighted by Crippen LogP contribution is 2.45. The molecule has 7 heteroatoms. The van der Waals surface area contributed by atoms with E-state index in [4.69, 9.17) is 9.15 Å². The first-order valence-corrected chi connectivity index (χ1v) is 8.55. The predicted octanol–water partition coefficient (Wildman–Crippen LogP) is 3.41. The molecule has 0 amide bonds. The van der Waals surface area contributed by atoms with Crippen molar-refractivity contribution >= 4 is 33.9 Å². The molecule has 3 rings (SSSR count). The molecule has 2 aromatic rings. The van der Waals surface area contributed by atoms with Crippen molar-refractivity contribution in [3.05, 3.63) is 29.5 Å². The number of benzene rings is 1. The second-order valence-electron chi connectivity index (χ2n) is 5.98. The molecule has 124 valence electrons. The van der Waals surface area contributed by atoms with E-state index in [0.29, 0.717) is 16.8 Å². The highest BCUT2D eigenvalue weighted by atomic mass is 32.2. The summed E-state index contributed by atoms with van der Waals surface area (Å²) in [6.07, 6.45) is 1.74. The molecule has 0 radical (unpaired) electrons. The summed E-state index contributed by atoms with van der Waals surface area (Å²) in [5.41, 5.74) is 1.57. The molecule has 0 aliphatic heterocycles. The Kier molecular flexibility index (Phi) is 3.93. The Morgan fingerprint density at radius 3 is 2.74 bits per heavy atom. The lowest BCUT2D eigenvalue weighted by molar-refractivity contribution is 0.0491. The summed E-state index contributed by atoms with van der Waals surface area (Å²) in [5, 5.41) is 0.741. The van der Waals surface area contributed by atoms with Gasteiger partial charge in [0.05, 0.1) is 17.8 Å². The van der Waals surface area contributed by atoms with Gasteiger partial charge in [-0.1, -0.05) is 0 Å². The average molecular weight is 337 g/mol. The number of hydrogen-bond acceptors (Lipinski definition) is 4. The van der Waals surface area contributed by atoms with Crippen LogP contribution in [0.3, 0.4) is 0 Å². The zero-order valence-electron chi connectivity index (χ0n) is 13.3. The molecule has 1 aliphatic carbocycles. The third-order valence-corrected chi connectivity index (χ3v) is 5.20. The average Bonchev–Trinajstić information content (AvgIpc) is 3.13. The normalized spacial score (nSPS) is 17.0. The van der Waals surface area contributed by atoms with Crippen LogP contribution in [0.2, 0.25) is 0 Å². The number of rotatable bonds is 5. The Labute approximate surface area is 136 Å². The third kappa shape index (κ3) is 2.74. The maximum absolute atomic E-state index is 11.9. The van der Waals surface area contributed by atoms with E-state index in [9.17, 15) is 13.6 Å². The van der Waals surface area contributed by atoms with E-state index in [2.05, 4.69) is 0 Å². The fourth-order valence-electron chi connectivity index (χ4n) is 2.70. The SMILES string of the molecule is CCOC(=O)c1oc2ccc(N(S(=O)O)C3(C)CC3)cc2c1C. The van der Waals surface area contributed by atoms with Crippen molar-refractivity contribution in [2.24, 2.45) is 0 Å². The number of ether oxygens (including phenoxy) is 1. The molecule has 0 bridgehead atoms. The Hall–Kier alpha value is -1.86. The molecule has 1 unspecified atom stereocenters. The van der Waals surface area contributed by atoms with Gasteiger partial charge in [-0.25, -0.2) is 9.00 Å². The topological polar surface area (TPSA) is 80.0 Å². The molecule has 1 aromatic heterocycles. The van der Waals surface area contributed by atoms with Gasteiger partial charge in [0.1, 0.15) is 5.58 Å². The molecule has 1 heterocycles. The number of carbonyl (C=O) groups excluding carboxylic acids is 1. The molecule has 23 heavy (non-hydrogen) atoms. The summed E-state index contributed by atoms with van der Waals surface area (Å²) in [7, 11) is 0. The van der Waals surface area contributed by atoms with Crippen LogP contribution >= 0.6 is 0 Å². The number of hydrogen-bond donors (Lipinski definition) is 1. The van der Waals surface area contributed by atoms with Crippen LogP contribution in [-0.2, 0) is 16.0 Å². The Morgan fingerprint density at radius 1 is 1.48 bits per heavy atom.